The first kappa shape index (κ1) is 17.3. The molecule has 0 unspecified atom stereocenters. The Balaban J connectivity index is 1.38. The molecule has 1 fully saturated rings. The zero-order valence-corrected chi connectivity index (χ0v) is 14.8. The maximum absolute atomic E-state index is 13.7. The first-order chi connectivity index (χ1) is 13.1. The van der Waals surface area contributed by atoms with Crippen molar-refractivity contribution in [3.8, 4) is 0 Å². The van der Waals surface area contributed by atoms with Gasteiger partial charge in [-0.1, -0.05) is 30.3 Å². The first-order valence-electron chi connectivity index (χ1n) is 8.99. The number of aromatic nitrogens is 2. The van der Waals surface area contributed by atoms with Gasteiger partial charge in [0.05, 0.1) is 17.8 Å². The second-order valence-electron chi connectivity index (χ2n) is 6.78. The van der Waals surface area contributed by atoms with Gasteiger partial charge in [-0.2, -0.15) is 5.10 Å². The van der Waals surface area contributed by atoms with E-state index in [9.17, 15) is 9.18 Å². The molecule has 1 aliphatic rings. The van der Waals surface area contributed by atoms with Gasteiger partial charge in [-0.3, -0.25) is 4.68 Å². The number of fused-ring (bicyclic) bond motifs is 1. The molecule has 0 atom stereocenters. The summed E-state index contributed by atoms with van der Waals surface area (Å²) in [5.41, 5.74) is 7.92. The molecule has 0 aliphatic carbocycles. The molecule has 1 saturated heterocycles. The van der Waals surface area contributed by atoms with E-state index in [4.69, 9.17) is 10.5 Å². The number of nitrogens with two attached hydrogens (primary N) is 1. The first-order valence-corrected chi connectivity index (χ1v) is 8.99. The number of hydrogen-bond donors (Lipinski definition) is 1. The van der Waals surface area contributed by atoms with E-state index in [1.807, 2.05) is 35.0 Å². The normalized spacial score (nSPS) is 15.2. The second-order valence-corrected chi connectivity index (χ2v) is 6.78. The van der Waals surface area contributed by atoms with Crippen LogP contribution in [0.15, 0.2) is 48.7 Å². The van der Waals surface area contributed by atoms with Gasteiger partial charge in [0, 0.05) is 24.2 Å². The fourth-order valence-electron chi connectivity index (χ4n) is 3.53. The van der Waals surface area contributed by atoms with Crippen molar-refractivity contribution >= 4 is 22.7 Å². The molecule has 0 bridgehead atoms. The van der Waals surface area contributed by atoms with Crippen molar-refractivity contribution in [2.75, 3.05) is 18.8 Å². The Hall–Kier alpha value is -3.09. The standard InChI is InChI=1S/C20H21FN4O2/c21-15-10-18(22)17-12-23-25(19(17)11-15)16-6-8-24(9-7-16)20(26)27-13-14-4-2-1-3-5-14/h1-5,10-12,16H,6-9,13,22H2. The third-order valence-electron chi connectivity index (χ3n) is 4.99. The molecule has 4 rings (SSSR count). The van der Waals surface area contributed by atoms with Gasteiger partial charge in [0.15, 0.2) is 0 Å². The number of halogens is 1. The zero-order chi connectivity index (χ0) is 18.8. The Kier molecular flexibility index (Phi) is 4.66. The number of nitrogen functional groups attached to an aromatic ring is 1. The second kappa shape index (κ2) is 7.26. The summed E-state index contributed by atoms with van der Waals surface area (Å²) >= 11 is 0. The van der Waals surface area contributed by atoms with Gasteiger partial charge in [0.2, 0.25) is 0 Å². The summed E-state index contributed by atoms with van der Waals surface area (Å²) in [6, 6.07) is 12.5. The Bertz CT molecular complexity index is 949. The highest BCUT2D eigenvalue weighted by Crippen LogP contribution is 2.29. The van der Waals surface area contributed by atoms with E-state index < -0.39 is 0 Å². The Morgan fingerprint density at radius 3 is 2.70 bits per heavy atom. The number of carbonyl (C=O) groups is 1. The highest BCUT2D eigenvalue weighted by Gasteiger charge is 2.26. The topological polar surface area (TPSA) is 73.4 Å². The SMILES string of the molecule is Nc1cc(F)cc2c1cnn2C1CCN(C(=O)OCc2ccccc2)CC1. The third-order valence-corrected chi connectivity index (χ3v) is 4.99. The maximum atomic E-state index is 13.7. The highest BCUT2D eigenvalue weighted by atomic mass is 19.1. The van der Waals surface area contributed by atoms with Crippen LogP contribution in [0.5, 0.6) is 0 Å². The molecule has 3 aromatic rings. The predicted molar refractivity (Wildman–Crippen MR) is 101 cm³/mol. The van der Waals surface area contributed by atoms with E-state index in [2.05, 4.69) is 5.10 Å². The lowest BCUT2D eigenvalue weighted by atomic mass is 10.1. The average molecular weight is 368 g/mol. The number of anilines is 1. The molecule has 2 heterocycles. The van der Waals surface area contributed by atoms with Crippen LogP contribution in [0.25, 0.3) is 10.9 Å². The van der Waals surface area contributed by atoms with Crippen LogP contribution in [0, 0.1) is 5.82 Å². The van der Waals surface area contributed by atoms with Crippen LogP contribution in [-0.4, -0.2) is 33.9 Å². The molecule has 1 amide bonds. The number of likely N-dealkylation sites (tertiary alicyclic amines) is 1. The summed E-state index contributed by atoms with van der Waals surface area (Å²) < 4.78 is 20.9. The molecule has 6 nitrogen and oxygen atoms in total. The smallest absolute Gasteiger partial charge is 0.410 e. The molecule has 2 aromatic carbocycles. The quantitative estimate of drug-likeness (QED) is 0.715. The van der Waals surface area contributed by atoms with Crippen molar-refractivity contribution in [3.05, 3.63) is 60.0 Å². The molecule has 1 aliphatic heterocycles. The number of amides is 1. The summed E-state index contributed by atoms with van der Waals surface area (Å²) in [6.07, 6.45) is 2.82. The largest absolute Gasteiger partial charge is 0.445 e. The molecule has 1 aromatic heterocycles. The van der Waals surface area contributed by atoms with E-state index >= 15 is 0 Å². The fourth-order valence-corrected chi connectivity index (χ4v) is 3.53. The van der Waals surface area contributed by atoms with E-state index in [1.165, 1.54) is 12.1 Å². The molecule has 7 heteroatoms. The number of rotatable bonds is 3. The maximum Gasteiger partial charge on any atom is 0.410 e. The van der Waals surface area contributed by atoms with Gasteiger partial charge < -0.3 is 15.4 Å². The number of benzene rings is 2. The van der Waals surface area contributed by atoms with Crippen LogP contribution in [0.2, 0.25) is 0 Å². The molecule has 140 valence electrons. The third kappa shape index (κ3) is 3.58. The Morgan fingerprint density at radius 1 is 1.22 bits per heavy atom. The van der Waals surface area contributed by atoms with Gasteiger partial charge >= 0.3 is 6.09 Å². The van der Waals surface area contributed by atoms with Crippen LogP contribution < -0.4 is 5.73 Å². The van der Waals surface area contributed by atoms with Crippen LogP contribution in [0.3, 0.4) is 0 Å². The number of nitrogens with zero attached hydrogens (tertiary/aromatic N) is 3. The van der Waals surface area contributed by atoms with E-state index in [0.29, 0.717) is 24.3 Å². The Morgan fingerprint density at radius 2 is 1.96 bits per heavy atom. The van der Waals surface area contributed by atoms with Crippen LogP contribution in [-0.2, 0) is 11.3 Å². The van der Waals surface area contributed by atoms with Gasteiger partial charge in [-0.25, -0.2) is 9.18 Å². The number of ether oxygens (including phenoxy) is 1. The lowest BCUT2D eigenvalue weighted by molar-refractivity contribution is 0.0825. The highest BCUT2D eigenvalue weighted by molar-refractivity contribution is 5.90. The summed E-state index contributed by atoms with van der Waals surface area (Å²) in [5, 5.41) is 5.15. The number of piperidine rings is 1. The lowest BCUT2D eigenvalue weighted by Gasteiger charge is -2.31. The van der Waals surface area contributed by atoms with Crippen LogP contribution in [0.1, 0.15) is 24.4 Å². The number of hydrogen-bond acceptors (Lipinski definition) is 4. The van der Waals surface area contributed by atoms with Gasteiger partial charge in [0.25, 0.3) is 0 Å². The van der Waals surface area contributed by atoms with E-state index in [0.717, 1.165) is 23.8 Å². The monoisotopic (exact) mass is 368 g/mol. The van der Waals surface area contributed by atoms with Gasteiger partial charge in [-0.05, 0) is 30.5 Å². The summed E-state index contributed by atoms with van der Waals surface area (Å²) in [7, 11) is 0. The molecular formula is C20H21FN4O2. The van der Waals surface area contributed by atoms with E-state index in [-0.39, 0.29) is 24.6 Å². The predicted octanol–water partition coefficient (Wildman–Crippen LogP) is 3.73. The number of carbonyl (C=O) groups excluding carboxylic acids is 1. The van der Waals surface area contributed by atoms with Crippen molar-refractivity contribution < 1.29 is 13.9 Å². The lowest BCUT2D eigenvalue weighted by Crippen LogP contribution is -2.39. The van der Waals surface area contributed by atoms with Crippen molar-refractivity contribution in [2.24, 2.45) is 0 Å². The van der Waals surface area contributed by atoms with Gasteiger partial charge in [-0.15, -0.1) is 0 Å². The molecule has 0 radical (unpaired) electrons. The molecule has 0 spiro atoms. The van der Waals surface area contributed by atoms with Gasteiger partial charge in [0.1, 0.15) is 12.4 Å². The summed E-state index contributed by atoms with van der Waals surface area (Å²) in [4.78, 5) is 14.0. The average Bonchev–Trinajstić information content (AvgIpc) is 3.11. The minimum Gasteiger partial charge on any atom is -0.445 e. The summed E-state index contributed by atoms with van der Waals surface area (Å²) in [5.74, 6) is -0.372. The minimum atomic E-state index is -0.372. The molecule has 27 heavy (non-hydrogen) atoms. The van der Waals surface area contributed by atoms with Crippen molar-refractivity contribution in [1.29, 1.82) is 0 Å². The van der Waals surface area contributed by atoms with Crippen LogP contribution in [0.4, 0.5) is 14.9 Å². The fraction of sp³-hybridized carbons (Fsp3) is 0.300. The zero-order valence-electron chi connectivity index (χ0n) is 14.8. The van der Waals surface area contributed by atoms with Crippen molar-refractivity contribution in [1.82, 2.24) is 14.7 Å². The van der Waals surface area contributed by atoms with Crippen molar-refractivity contribution in [3.63, 3.8) is 0 Å². The molecule has 0 saturated carbocycles. The molecular weight excluding hydrogens is 347 g/mol. The summed E-state index contributed by atoms with van der Waals surface area (Å²) in [6.45, 7) is 1.41. The Labute approximate surface area is 156 Å². The van der Waals surface area contributed by atoms with E-state index in [1.54, 1.807) is 11.1 Å². The van der Waals surface area contributed by atoms with Crippen molar-refractivity contribution in [2.45, 2.75) is 25.5 Å². The minimum absolute atomic E-state index is 0.0990. The molecule has 2 N–H and O–H groups in total. The van der Waals surface area contributed by atoms with Crippen LogP contribution >= 0.6 is 0 Å².